The molecule has 0 amide bonds. The zero-order valence-corrected chi connectivity index (χ0v) is 15.4. The van der Waals surface area contributed by atoms with E-state index in [2.05, 4.69) is 19.2 Å². The smallest absolute Gasteiger partial charge is 0.163 e. The number of rotatable bonds is 19. The Balaban J connectivity index is 3.85. The lowest BCUT2D eigenvalue weighted by Gasteiger charge is -2.17. The molecule has 0 aromatic heterocycles. The molecule has 26 heavy (non-hydrogen) atoms. The number of hydrogen-bond acceptors (Lipinski definition) is 10. The molecule has 0 aromatic rings. The van der Waals surface area contributed by atoms with Gasteiger partial charge in [0.15, 0.2) is 18.3 Å². The molecular weight excluding hydrogens is 352 g/mol. The number of ether oxygens (including phenoxy) is 5. The molecule has 10 heteroatoms. The highest BCUT2D eigenvalue weighted by Crippen LogP contribution is 1.97. The van der Waals surface area contributed by atoms with Gasteiger partial charge in [0.05, 0.1) is 40.6 Å². The summed E-state index contributed by atoms with van der Waals surface area (Å²) < 4.78 is 25.5. The molecule has 0 aliphatic rings. The Morgan fingerprint density at radius 2 is 1.38 bits per heavy atom. The van der Waals surface area contributed by atoms with Crippen LogP contribution in [0.5, 0.6) is 0 Å². The molecule has 0 spiro atoms. The van der Waals surface area contributed by atoms with Gasteiger partial charge < -0.3 is 33.5 Å². The van der Waals surface area contributed by atoms with E-state index in [0.717, 1.165) is 0 Å². The van der Waals surface area contributed by atoms with E-state index >= 15 is 0 Å². The summed E-state index contributed by atoms with van der Waals surface area (Å²) in [5, 5.41) is 0. The molecule has 0 aliphatic heterocycles. The zero-order chi connectivity index (χ0) is 19.3. The standard InChI is InChI=1S/C16H28O10/c1-15(17)12-21-14-16(22-7-11-26-24-9-5-19-3)13-20-6-10-25-23-8-4-18-2/h4-5,8-9,16H,6-7,10-14H2,1-3H3. The first kappa shape index (κ1) is 24.1. The van der Waals surface area contributed by atoms with Crippen LogP contribution in [-0.4, -0.2) is 72.4 Å². The summed E-state index contributed by atoms with van der Waals surface area (Å²) in [5.74, 6) is -0.0685. The van der Waals surface area contributed by atoms with Crippen molar-refractivity contribution in [1.82, 2.24) is 0 Å². The molecule has 152 valence electrons. The van der Waals surface area contributed by atoms with E-state index in [9.17, 15) is 4.79 Å². The Kier molecular flexibility index (Phi) is 18.1. The van der Waals surface area contributed by atoms with Crippen molar-refractivity contribution >= 4 is 5.78 Å². The average Bonchev–Trinajstić information content (AvgIpc) is 2.62. The summed E-state index contributed by atoms with van der Waals surface area (Å²) in [6.45, 7) is 2.87. The first-order valence-electron chi connectivity index (χ1n) is 7.89. The van der Waals surface area contributed by atoms with Crippen molar-refractivity contribution in [1.29, 1.82) is 0 Å². The molecule has 0 rings (SSSR count). The van der Waals surface area contributed by atoms with E-state index in [1.165, 1.54) is 46.2 Å². The third-order valence-corrected chi connectivity index (χ3v) is 2.37. The Bertz CT molecular complexity index is 372. The molecule has 0 N–H and O–H groups in total. The Morgan fingerprint density at radius 3 is 1.96 bits per heavy atom. The molecule has 0 heterocycles. The van der Waals surface area contributed by atoms with Crippen LogP contribution < -0.4 is 0 Å². The minimum Gasteiger partial charge on any atom is -0.501 e. The number of carbonyl (C=O) groups excluding carboxylic acids is 1. The zero-order valence-electron chi connectivity index (χ0n) is 15.4. The van der Waals surface area contributed by atoms with Crippen LogP contribution in [-0.2, 0) is 48.0 Å². The van der Waals surface area contributed by atoms with E-state index in [1.807, 2.05) is 0 Å². The number of Topliss-reactive ketones (excluding diaryl/α,β-unsaturated/α-hetero) is 1. The predicted molar refractivity (Wildman–Crippen MR) is 88.4 cm³/mol. The maximum absolute atomic E-state index is 10.9. The fourth-order valence-electron chi connectivity index (χ4n) is 1.37. The molecule has 1 unspecified atom stereocenters. The van der Waals surface area contributed by atoms with Gasteiger partial charge in [-0.3, -0.25) is 4.79 Å². The largest absolute Gasteiger partial charge is 0.501 e. The van der Waals surface area contributed by atoms with Gasteiger partial charge in [0.2, 0.25) is 0 Å². The lowest BCUT2D eigenvalue weighted by atomic mass is 10.4. The van der Waals surface area contributed by atoms with Crippen molar-refractivity contribution in [2.45, 2.75) is 13.0 Å². The van der Waals surface area contributed by atoms with Crippen LogP contribution in [0, 0.1) is 0 Å². The van der Waals surface area contributed by atoms with Gasteiger partial charge in [-0.1, -0.05) is 0 Å². The monoisotopic (exact) mass is 380 g/mol. The predicted octanol–water partition coefficient (Wildman–Crippen LogP) is 1.13. The molecule has 1 atom stereocenters. The lowest BCUT2D eigenvalue weighted by molar-refractivity contribution is -0.261. The van der Waals surface area contributed by atoms with Gasteiger partial charge >= 0.3 is 0 Å². The van der Waals surface area contributed by atoms with Crippen LogP contribution in [0.3, 0.4) is 0 Å². The van der Waals surface area contributed by atoms with Gasteiger partial charge in [0, 0.05) is 0 Å². The minimum atomic E-state index is -0.373. The van der Waals surface area contributed by atoms with Gasteiger partial charge in [-0.2, -0.15) is 9.78 Å². The Hall–Kier alpha value is -1.85. The molecule has 0 aromatic carbocycles. The SMILES string of the molecule is COC=COOCCOCC(COCC(C)=O)OCCOOC=COC. The van der Waals surface area contributed by atoms with Gasteiger partial charge in [0.1, 0.15) is 38.4 Å². The second-order valence-electron chi connectivity index (χ2n) is 4.64. The summed E-state index contributed by atoms with van der Waals surface area (Å²) in [6, 6.07) is 0. The highest BCUT2D eigenvalue weighted by Gasteiger charge is 2.11. The van der Waals surface area contributed by atoms with Crippen molar-refractivity contribution in [3.05, 3.63) is 25.0 Å². The first-order chi connectivity index (χ1) is 12.7. The summed E-state index contributed by atoms with van der Waals surface area (Å²) in [6.07, 6.45) is 4.78. The van der Waals surface area contributed by atoms with E-state index in [1.54, 1.807) is 0 Å². The summed E-state index contributed by atoms with van der Waals surface area (Å²) in [4.78, 5) is 29.9. The van der Waals surface area contributed by atoms with Crippen molar-refractivity contribution < 1.29 is 48.0 Å². The van der Waals surface area contributed by atoms with Gasteiger partial charge in [0.25, 0.3) is 0 Å². The molecule has 0 saturated heterocycles. The third-order valence-electron chi connectivity index (χ3n) is 2.37. The third kappa shape index (κ3) is 18.5. The van der Waals surface area contributed by atoms with E-state index in [4.69, 9.17) is 24.0 Å². The van der Waals surface area contributed by atoms with E-state index < -0.39 is 0 Å². The molecule has 0 saturated carbocycles. The van der Waals surface area contributed by atoms with Crippen LogP contribution in [0.2, 0.25) is 0 Å². The maximum atomic E-state index is 10.9. The normalized spacial score (nSPS) is 12.4. The highest BCUT2D eigenvalue weighted by molar-refractivity contribution is 5.76. The van der Waals surface area contributed by atoms with Crippen molar-refractivity contribution in [2.75, 3.05) is 60.5 Å². The van der Waals surface area contributed by atoms with Crippen LogP contribution in [0.4, 0.5) is 0 Å². The Morgan fingerprint density at radius 1 is 0.808 bits per heavy atom. The van der Waals surface area contributed by atoms with Crippen molar-refractivity contribution in [3.63, 3.8) is 0 Å². The van der Waals surface area contributed by atoms with Crippen molar-refractivity contribution in [3.8, 4) is 0 Å². The van der Waals surface area contributed by atoms with Gasteiger partial charge in [-0.25, -0.2) is 0 Å². The fraction of sp³-hybridized carbons (Fsp3) is 0.688. The Labute approximate surface area is 153 Å². The summed E-state index contributed by atoms with van der Waals surface area (Å²) in [7, 11) is 2.98. The molecule has 0 radical (unpaired) electrons. The fourth-order valence-corrected chi connectivity index (χ4v) is 1.37. The summed E-state index contributed by atoms with van der Waals surface area (Å²) >= 11 is 0. The average molecular weight is 380 g/mol. The minimum absolute atomic E-state index is 0.0179. The highest BCUT2D eigenvalue weighted by atomic mass is 17.2. The van der Waals surface area contributed by atoms with Gasteiger partial charge in [-0.05, 0) is 6.92 Å². The molecule has 0 aliphatic carbocycles. The van der Waals surface area contributed by atoms with Crippen molar-refractivity contribution in [2.24, 2.45) is 0 Å². The first-order valence-corrected chi connectivity index (χ1v) is 7.89. The van der Waals surface area contributed by atoms with Gasteiger partial charge in [-0.15, -0.1) is 0 Å². The maximum Gasteiger partial charge on any atom is 0.163 e. The summed E-state index contributed by atoms with van der Waals surface area (Å²) in [5.41, 5.74) is 0. The molecule has 0 bridgehead atoms. The molecule has 0 fully saturated rings. The van der Waals surface area contributed by atoms with Crippen LogP contribution in [0.1, 0.15) is 6.92 Å². The second kappa shape index (κ2) is 19.5. The lowest BCUT2D eigenvalue weighted by Crippen LogP contribution is -2.28. The van der Waals surface area contributed by atoms with Crippen LogP contribution in [0.25, 0.3) is 0 Å². The second-order valence-corrected chi connectivity index (χ2v) is 4.64. The quantitative estimate of drug-likeness (QED) is 0.140. The van der Waals surface area contributed by atoms with Crippen LogP contribution >= 0.6 is 0 Å². The van der Waals surface area contributed by atoms with E-state index in [-0.39, 0.29) is 58.1 Å². The topological polar surface area (TPSA) is 100 Å². The number of carbonyl (C=O) groups is 1. The van der Waals surface area contributed by atoms with Crippen LogP contribution in [0.15, 0.2) is 25.0 Å². The molecular formula is C16H28O10. The van der Waals surface area contributed by atoms with E-state index in [0.29, 0.717) is 0 Å². The number of methoxy groups -OCH3 is 2. The number of hydrogen-bond donors (Lipinski definition) is 0. The molecule has 10 nitrogen and oxygen atoms in total. The number of ketones is 1.